The number of hydrogen-bond donors (Lipinski definition) is 1. The number of amides is 1. The molecule has 2 aliphatic rings. The van der Waals surface area contributed by atoms with Crippen molar-refractivity contribution in [2.45, 2.75) is 38.1 Å². The zero-order valence-corrected chi connectivity index (χ0v) is 23.1. The highest BCUT2D eigenvalue weighted by molar-refractivity contribution is 5.95. The van der Waals surface area contributed by atoms with Crippen molar-refractivity contribution in [2.75, 3.05) is 36.4 Å². The number of hydrogen-bond acceptors (Lipinski definition) is 7. The Labute approximate surface area is 240 Å². The number of carbonyl (C=O) groups excluding carboxylic acids is 1. The fraction of sp³-hybridized carbons (Fsp3) is 0.344. The summed E-state index contributed by atoms with van der Waals surface area (Å²) in [6.45, 7) is 2.98. The summed E-state index contributed by atoms with van der Waals surface area (Å²) in [6, 6.07) is 22.1. The van der Waals surface area contributed by atoms with Gasteiger partial charge in [0.15, 0.2) is 0 Å². The molecule has 3 heterocycles. The van der Waals surface area contributed by atoms with Gasteiger partial charge in [0.25, 0.3) is 5.91 Å². The maximum atomic E-state index is 13.3. The van der Waals surface area contributed by atoms with Crippen molar-refractivity contribution in [3.63, 3.8) is 0 Å². The lowest BCUT2D eigenvalue weighted by Crippen LogP contribution is -2.48. The maximum Gasteiger partial charge on any atom is 0.254 e. The highest BCUT2D eigenvalue weighted by atomic mass is 16.2. The summed E-state index contributed by atoms with van der Waals surface area (Å²) in [6.07, 6.45) is 10.7. The molecule has 0 radical (unpaired) electrons. The molecule has 2 fully saturated rings. The number of para-hydroxylation sites is 1. The molecule has 9 nitrogen and oxygen atoms in total. The number of aromatic nitrogens is 4. The Hall–Kier alpha value is -4.71. The number of nitriles is 1. The number of carbonyl (C=O) groups is 1. The average Bonchev–Trinajstić information content (AvgIpc) is 3.74. The molecule has 1 aliphatic heterocycles. The minimum absolute atomic E-state index is 0.0256. The summed E-state index contributed by atoms with van der Waals surface area (Å²) in [5, 5.41) is 17.3. The van der Waals surface area contributed by atoms with Gasteiger partial charge in [-0.3, -0.25) is 9.48 Å². The molecule has 41 heavy (non-hydrogen) atoms. The Bertz CT molecular complexity index is 1510. The fourth-order valence-electron chi connectivity index (χ4n) is 5.99. The van der Waals surface area contributed by atoms with Gasteiger partial charge in [-0.1, -0.05) is 37.1 Å². The minimum Gasteiger partial charge on any atom is -0.368 e. The molecule has 208 valence electrons. The first-order valence-corrected chi connectivity index (χ1v) is 14.4. The van der Waals surface area contributed by atoms with Crippen LogP contribution in [0.1, 0.15) is 48.5 Å². The van der Waals surface area contributed by atoms with Crippen molar-refractivity contribution in [3.8, 4) is 17.3 Å². The van der Waals surface area contributed by atoms with Crippen LogP contribution in [0.15, 0.2) is 79.3 Å². The fourth-order valence-corrected chi connectivity index (χ4v) is 5.99. The van der Waals surface area contributed by atoms with Gasteiger partial charge in [0.2, 0.25) is 5.95 Å². The van der Waals surface area contributed by atoms with Crippen LogP contribution in [0.3, 0.4) is 0 Å². The summed E-state index contributed by atoms with van der Waals surface area (Å²) < 4.78 is 1.94. The Balaban J connectivity index is 1.12. The van der Waals surface area contributed by atoms with Gasteiger partial charge < -0.3 is 15.1 Å². The molecule has 4 aromatic rings. The van der Waals surface area contributed by atoms with Crippen LogP contribution in [0.2, 0.25) is 0 Å². The van der Waals surface area contributed by atoms with E-state index in [9.17, 15) is 10.1 Å². The number of nitrogens with zero attached hydrogens (tertiary/aromatic N) is 7. The minimum atomic E-state index is 0.0256. The van der Waals surface area contributed by atoms with Crippen LogP contribution in [-0.4, -0.2) is 56.7 Å². The van der Waals surface area contributed by atoms with Gasteiger partial charge in [-0.15, -0.1) is 0 Å². The molecule has 1 saturated heterocycles. The van der Waals surface area contributed by atoms with Crippen LogP contribution in [0.4, 0.5) is 17.3 Å². The van der Waals surface area contributed by atoms with Crippen molar-refractivity contribution in [2.24, 2.45) is 5.92 Å². The van der Waals surface area contributed by atoms with E-state index in [1.165, 1.54) is 18.5 Å². The van der Waals surface area contributed by atoms with E-state index in [1.807, 2.05) is 70.5 Å². The number of nitrogens with one attached hydrogen (secondary N) is 1. The quantitative estimate of drug-likeness (QED) is 0.303. The predicted octanol–water partition coefficient (Wildman–Crippen LogP) is 5.69. The van der Waals surface area contributed by atoms with Crippen molar-refractivity contribution in [3.05, 3.63) is 84.8 Å². The topological polar surface area (TPSA) is 103 Å². The molecule has 2 aromatic heterocycles. The summed E-state index contributed by atoms with van der Waals surface area (Å²) in [5.41, 5.74) is 4.21. The van der Waals surface area contributed by atoms with Crippen LogP contribution >= 0.6 is 0 Å². The van der Waals surface area contributed by atoms with E-state index in [4.69, 9.17) is 4.98 Å². The highest BCUT2D eigenvalue weighted by Gasteiger charge is 2.27. The molecule has 6 rings (SSSR count). The first-order chi connectivity index (χ1) is 20.2. The van der Waals surface area contributed by atoms with E-state index >= 15 is 0 Å². The van der Waals surface area contributed by atoms with Crippen LogP contribution in [0, 0.1) is 17.2 Å². The van der Waals surface area contributed by atoms with E-state index in [1.54, 1.807) is 6.20 Å². The van der Waals surface area contributed by atoms with Gasteiger partial charge >= 0.3 is 0 Å². The SMILES string of the molecule is N#CCC(C1CCCC1)n1cc(-c2ccnc(Nc3cccc(C(=O)N4CCN(c5ccccc5)CC4)c3)n2)cn1. The first kappa shape index (κ1) is 26.5. The number of rotatable bonds is 8. The van der Waals surface area contributed by atoms with Crippen molar-refractivity contribution in [1.29, 1.82) is 5.26 Å². The molecule has 1 amide bonds. The molecular weight excluding hydrogens is 512 g/mol. The molecule has 1 N–H and O–H groups in total. The van der Waals surface area contributed by atoms with Crippen LogP contribution < -0.4 is 10.2 Å². The zero-order chi connectivity index (χ0) is 28.0. The van der Waals surface area contributed by atoms with Gasteiger partial charge in [-0.05, 0) is 55.2 Å². The van der Waals surface area contributed by atoms with Crippen LogP contribution in [0.25, 0.3) is 11.3 Å². The van der Waals surface area contributed by atoms with Crippen molar-refractivity contribution in [1.82, 2.24) is 24.6 Å². The second-order valence-corrected chi connectivity index (χ2v) is 10.8. The smallest absolute Gasteiger partial charge is 0.254 e. The monoisotopic (exact) mass is 546 g/mol. The third kappa shape index (κ3) is 6.07. The standard InChI is InChI=1S/C32H34N8O/c33-15-13-30(24-7-4-5-8-24)40-23-26(22-35-40)29-14-16-34-32(37-29)36-27-10-6-9-25(21-27)31(41)39-19-17-38(18-20-39)28-11-2-1-3-12-28/h1-3,6,9-12,14,16,21-24,30H,4-5,7-8,13,17-20H2,(H,34,36,37). The van der Waals surface area contributed by atoms with E-state index < -0.39 is 0 Å². The predicted molar refractivity (Wildman–Crippen MR) is 159 cm³/mol. The lowest BCUT2D eigenvalue weighted by Gasteiger charge is -2.36. The molecular formula is C32H34N8O. The van der Waals surface area contributed by atoms with Crippen LogP contribution in [0.5, 0.6) is 0 Å². The van der Waals surface area contributed by atoms with Gasteiger partial charge in [0.1, 0.15) is 0 Å². The van der Waals surface area contributed by atoms with Crippen molar-refractivity contribution < 1.29 is 4.79 Å². The second kappa shape index (κ2) is 12.2. The highest BCUT2D eigenvalue weighted by Crippen LogP contribution is 2.36. The summed E-state index contributed by atoms with van der Waals surface area (Å²) in [4.78, 5) is 26.7. The molecule has 1 saturated carbocycles. The van der Waals surface area contributed by atoms with E-state index in [2.05, 4.69) is 38.5 Å². The largest absolute Gasteiger partial charge is 0.368 e. The third-order valence-corrected chi connectivity index (χ3v) is 8.19. The van der Waals surface area contributed by atoms with Gasteiger partial charge in [-0.25, -0.2) is 9.97 Å². The van der Waals surface area contributed by atoms with Gasteiger partial charge in [-0.2, -0.15) is 10.4 Å². The Kier molecular flexibility index (Phi) is 7.90. The number of piperazine rings is 1. The lowest BCUT2D eigenvalue weighted by atomic mass is 9.96. The maximum absolute atomic E-state index is 13.3. The van der Waals surface area contributed by atoms with Crippen molar-refractivity contribution >= 4 is 23.2 Å². The van der Waals surface area contributed by atoms with Crippen LogP contribution in [-0.2, 0) is 0 Å². The molecule has 1 aliphatic carbocycles. The summed E-state index contributed by atoms with van der Waals surface area (Å²) >= 11 is 0. The second-order valence-electron chi connectivity index (χ2n) is 10.8. The lowest BCUT2D eigenvalue weighted by molar-refractivity contribution is 0.0747. The normalized spacial score (nSPS) is 16.4. The molecule has 1 unspecified atom stereocenters. The van der Waals surface area contributed by atoms with Gasteiger partial charge in [0, 0.05) is 61.1 Å². The summed E-state index contributed by atoms with van der Waals surface area (Å²) in [7, 11) is 0. The zero-order valence-electron chi connectivity index (χ0n) is 23.1. The number of anilines is 3. The van der Waals surface area contributed by atoms with Gasteiger partial charge in [0.05, 0.1) is 30.4 Å². The van der Waals surface area contributed by atoms with E-state index in [-0.39, 0.29) is 11.9 Å². The molecule has 9 heteroatoms. The Morgan fingerprint density at radius 3 is 2.61 bits per heavy atom. The Morgan fingerprint density at radius 1 is 1.02 bits per heavy atom. The Morgan fingerprint density at radius 2 is 1.83 bits per heavy atom. The number of benzene rings is 2. The molecule has 0 spiro atoms. The first-order valence-electron chi connectivity index (χ1n) is 14.4. The molecule has 2 aromatic carbocycles. The third-order valence-electron chi connectivity index (χ3n) is 8.19. The van der Waals surface area contributed by atoms with E-state index in [0.29, 0.717) is 36.9 Å². The molecule has 1 atom stereocenters. The molecule has 0 bridgehead atoms. The average molecular weight is 547 g/mol. The van der Waals surface area contributed by atoms with E-state index in [0.717, 1.165) is 42.9 Å². The summed E-state index contributed by atoms with van der Waals surface area (Å²) in [5.74, 6) is 0.964.